The molecule has 0 aromatic carbocycles. The SMILES string of the molecule is [2H]CI.[2H]C[C@H]1O[C@@H](n2cnc3c(=O)[nH]c(NC(=O)C(C)C)nc32)CC1O.[2H]C[C@H]1O[C@@H](n2cnc3c(=O)[nH]c(NC(=O)C(C)C)nc32)CC1OC(=O)n1ccnc1.[3H]OC.[3H]OC. The van der Waals surface area contributed by atoms with Gasteiger partial charge >= 0.3 is 6.09 Å². The molecule has 2 saturated heterocycles. The number of ether oxygens (including phenoxy) is 3. The Morgan fingerprint density at radius 3 is 1.80 bits per heavy atom. The van der Waals surface area contributed by atoms with Crippen LogP contribution < -0.4 is 21.8 Å². The molecule has 2 unspecified atom stereocenters. The molecule has 24 heteroatoms. The number of aromatic nitrogens is 10. The summed E-state index contributed by atoms with van der Waals surface area (Å²) in [4.78, 5) is 86.4. The smallest absolute Gasteiger partial charge is 0.419 e. The molecule has 59 heavy (non-hydrogen) atoms. The largest absolute Gasteiger partial charge is 0.443 e. The van der Waals surface area contributed by atoms with Gasteiger partial charge in [0.2, 0.25) is 26.6 Å². The molecule has 5 aromatic heterocycles. The van der Waals surface area contributed by atoms with E-state index in [1.54, 1.807) is 27.7 Å². The van der Waals surface area contributed by atoms with Gasteiger partial charge < -0.3 is 29.5 Å². The first-order valence-corrected chi connectivity index (χ1v) is 19.2. The van der Waals surface area contributed by atoms with Gasteiger partial charge in [0, 0.05) is 55.4 Å². The predicted molar refractivity (Wildman–Crippen MR) is 222 cm³/mol. The number of hydrogen-bond acceptors (Lipinski definition) is 16. The number of carbonyl (C=O) groups is 3. The van der Waals surface area contributed by atoms with E-state index >= 15 is 0 Å². The first-order valence-electron chi connectivity index (χ1n) is 20.6. The van der Waals surface area contributed by atoms with E-state index in [9.17, 15) is 29.1 Å². The molecule has 6 atom stereocenters. The van der Waals surface area contributed by atoms with Gasteiger partial charge in [-0.25, -0.2) is 24.3 Å². The molecule has 2 fully saturated rings. The number of anilines is 2. The van der Waals surface area contributed by atoms with Gasteiger partial charge in [0.1, 0.15) is 24.9 Å². The monoisotopic (exact) mass is 949 g/mol. The van der Waals surface area contributed by atoms with Gasteiger partial charge in [-0.1, -0.05) is 50.3 Å². The summed E-state index contributed by atoms with van der Waals surface area (Å²) in [5.41, 5.74) is -0.342. The normalized spacial score (nSPS) is 21.8. The number of amides is 2. The number of imidazole rings is 3. The standard InChI is InChI=1S/C18H21N7O5.C14H19N5O4.CH3I.2CH4O/c1-9(2)15(26)22-17-21-14-13(16(27)23-17)20-8-25(14)12-6-11(10(3)29-12)30-18(28)24-5-4-19-7-24;1-6(2)12(21)17-14-16-11-10(13(22)18-14)15-5-19(11)9-4-8(20)7(3)23-9;3*1-2/h4-5,7-12H,6H2,1-3H3,(H2,21,22,23,26,27);5-9,20H,4H2,1-3H3,(H2,16,17,18,21,22);1H3;2*2H,1H3/t10-,11?,12-;7-,8?,9-;;;/m11.../s1/i2*3D;1D;2*2T. The third kappa shape index (κ3) is 11.7. The Bertz CT molecular complexity index is 2360. The van der Waals surface area contributed by atoms with Crippen LogP contribution in [-0.4, -0.2) is 128 Å². The number of carbonyl (C=O) groups excluding carboxylic acids is 3. The zero-order chi connectivity index (χ0) is 47.7. The number of alkyl halides is 1. The van der Waals surface area contributed by atoms with Gasteiger partial charge in [0.15, 0.2) is 22.3 Å². The van der Waals surface area contributed by atoms with Crippen LogP contribution in [0.4, 0.5) is 16.7 Å². The summed E-state index contributed by atoms with van der Waals surface area (Å²) in [6.07, 6.45) is 2.98. The number of nitrogens with zero attached hydrogens (tertiary/aromatic N) is 8. The molecule has 2 aliphatic heterocycles. The average molecular weight is 950 g/mol. The molecule has 2 amide bonds. The Kier molecular flexibility index (Phi) is 15.3. The number of aliphatic hydroxyl groups is 3. The molecule has 0 spiro atoms. The average Bonchev–Trinajstić information content (AvgIpc) is 4.10. The highest BCUT2D eigenvalue weighted by Gasteiger charge is 2.37. The number of rotatable bonds is 7. The van der Waals surface area contributed by atoms with Crippen LogP contribution in [0.3, 0.4) is 0 Å². The van der Waals surface area contributed by atoms with Gasteiger partial charge in [0.25, 0.3) is 11.1 Å². The molecular formula is C35H51IN12O11. The number of fused-ring (bicyclic) bond motifs is 2. The minimum atomic E-state index is -0.757. The highest BCUT2D eigenvalue weighted by atomic mass is 127. The van der Waals surface area contributed by atoms with Gasteiger partial charge in [-0.2, -0.15) is 9.97 Å². The van der Waals surface area contributed by atoms with E-state index in [0.717, 1.165) is 0 Å². The third-order valence-corrected chi connectivity index (χ3v) is 8.37. The fourth-order valence-corrected chi connectivity index (χ4v) is 5.36. The van der Waals surface area contributed by atoms with Crippen molar-refractivity contribution >= 4 is 74.7 Å². The Morgan fingerprint density at radius 1 is 0.898 bits per heavy atom. The van der Waals surface area contributed by atoms with Gasteiger partial charge in [-0.15, -0.1) is 0 Å². The molecule has 7 N–H and O–H groups in total. The lowest BCUT2D eigenvalue weighted by Crippen LogP contribution is -2.26. The van der Waals surface area contributed by atoms with Crippen molar-refractivity contribution in [1.29, 1.82) is 2.86 Å². The number of H-pyrrole nitrogens is 2. The molecule has 324 valence electrons. The lowest BCUT2D eigenvalue weighted by Gasteiger charge is -2.14. The van der Waals surface area contributed by atoms with Gasteiger partial charge in [-0.3, -0.25) is 48.9 Å². The van der Waals surface area contributed by atoms with E-state index in [4.69, 9.17) is 21.2 Å². The summed E-state index contributed by atoms with van der Waals surface area (Å²) in [6, 6.07) is 0. The van der Waals surface area contributed by atoms with Crippen LogP contribution in [0.25, 0.3) is 22.3 Å². The first kappa shape index (κ1) is 40.6. The summed E-state index contributed by atoms with van der Waals surface area (Å²) >= 11 is 1.96. The molecule has 0 bridgehead atoms. The highest BCUT2D eigenvalue weighted by Crippen LogP contribution is 2.33. The number of halogens is 1. The first-order chi connectivity index (χ1) is 30.5. The van der Waals surface area contributed by atoms with E-state index in [1.807, 2.05) is 22.6 Å². The second-order valence-electron chi connectivity index (χ2n) is 13.0. The predicted octanol–water partition coefficient (Wildman–Crippen LogP) is 1.92. The molecule has 5 aromatic rings. The number of aliphatic hydroxyl groups excluding tert-OH is 3. The molecule has 7 rings (SSSR count). The topological polar surface area (TPSA) is 309 Å². The minimum Gasteiger partial charge on any atom is -0.443 e. The van der Waals surface area contributed by atoms with Crippen LogP contribution in [0.2, 0.25) is 0 Å². The fourth-order valence-electron chi connectivity index (χ4n) is 5.36. The van der Waals surface area contributed by atoms with Crippen molar-refractivity contribution in [3.05, 3.63) is 52.1 Å². The summed E-state index contributed by atoms with van der Waals surface area (Å²) in [7, 11) is 2.58. The third-order valence-electron chi connectivity index (χ3n) is 8.37. The lowest BCUT2D eigenvalue weighted by molar-refractivity contribution is -0.119. The fraction of sp³-hybridized carbons (Fsp3) is 0.543. The zero-order valence-electron chi connectivity index (χ0n) is 38.0. The lowest BCUT2D eigenvalue weighted by atomic mass is 10.2. The number of nitrogens with one attached hydrogen (secondary N) is 4. The van der Waals surface area contributed by atoms with Crippen molar-refractivity contribution in [2.24, 2.45) is 11.8 Å². The summed E-state index contributed by atoms with van der Waals surface area (Å²) in [5.74, 6) is -1.11. The maximum Gasteiger partial charge on any atom is 0.419 e. The van der Waals surface area contributed by atoms with Crippen LogP contribution in [0.5, 0.6) is 0 Å². The van der Waals surface area contributed by atoms with Gasteiger partial charge in [-0.05, 0) is 18.7 Å². The van der Waals surface area contributed by atoms with Crippen molar-refractivity contribution in [2.75, 3.05) is 29.8 Å². The van der Waals surface area contributed by atoms with Crippen LogP contribution in [0.15, 0.2) is 41.0 Å². The molecule has 7 heterocycles. The number of aromatic amines is 2. The maximum atomic E-state index is 12.4. The maximum absolute atomic E-state index is 12.4. The quantitative estimate of drug-likeness (QED) is 0.0906. The van der Waals surface area contributed by atoms with Crippen molar-refractivity contribution in [3.8, 4) is 0 Å². The molecule has 0 aliphatic carbocycles. The van der Waals surface area contributed by atoms with Crippen molar-refractivity contribution in [3.63, 3.8) is 0 Å². The summed E-state index contributed by atoms with van der Waals surface area (Å²) in [6.45, 7) is 6.70. The van der Waals surface area contributed by atoms with E-state index in [2.05, 4.69) is 55.7 Å². The molecule has 0 radical (unpaired) electrons. The number of hydrogen-bond donors (Lipinski definition) is 7. The van der Waals surface area contributed by atoms with Crippen LogP contribution in [0.1, 0.15) is 70.9 Å². The van der Waals surface area contributed by atoms with E-state index in [1.165, 1.54) is 59.3 Å². The molecular weight excluding hydrogens is 891 g/mol. The summed E-state index contributed by atoms with van der Waals surface area (Å²) < 4.78 is 54.0. The van der Waals surface area contributed by atoms with Gasteiger partial charge in [0.05, 0.1) is 31.0 Å². The summed E-state index contributed by atoms with van der Waals surface area (Å²) in [5, 5.41) is 22.0. The van der Waals surface area contributed by atoms with Crippen LogP contribution in [-0.2, 0) is 23.8 Å². The van der Waals surface area contributed by atoms with E-state index in [0.29, 0.717) is 4.91 Å². The second kappa shape index (κ2) is 22.3. The van der Waals surface area contributed by atoms with E-state index in [-0.39, 0.29) is 84.5 Å². The Hall–Kier alpha value is -5.15. The van der Waals surface area contributed by atoms with Crippen molar-refractivity contribution in [2.45, 2.75) is 91.2 Å². The zero-order valence-corrected chi connectivity index (χ0v) is 35.2. The Balaban J connectivity index is 0.000000293. The second-order valence-corrected chi connectivity index (χ2v) is 13.0. The van der Waals surface area contributed by atoms with E-state index < -0.39 is 54.1 Å². The minimum absolute atomic E-state index is 0.00364. The Morgan fingerprint density at radius 2 is 1.37 bits per heavy atom. The molecule has 2 aliphatic rings. The van der Waals surface area contributed by atoms with Crippen LogP contribution >= 0.6 is 22.6 Å². The molecule has 23 nitrogen and oxygen atoms in total. The Labute approximate surface area is 358 Å². The van der Waals surface area contributed by atoms with Crippen LogP contribution in [0, 0.1) is 11.8 Å². The highest BCUT2D eigenvalue weighted by molar-refractivity contribution is 14.1. The van der Waals surface area contributed by atoms with Crippen molar-refractivity contribution < 1.29 is 48.0 Å². The molecule has 0 saturated carbocycles. The van der Waals surface area contributed by atoms with Crippen molar-refractivity contribution in [1.82, 2.24) is 48.6 Å².